The second-order valence-electron chi connectivity index (χ2n) is 6.79. The molecule has 2 fully saturated rings. The van der Waals surface area contributed by atoms with Gasteiger partial charge in [0.15, 0.2) is 0 Å². The van der Waals surface area contributed by atoms with E-state index < -0.39 is 10.0 Å². The fraction of sp³-hybridized carbons (Fsp3) is 0.938. The predicted molar refractivity (Wildman–Crippen MR) is 88.0 cm³/mol. The quantitative estimate of drug-likeness (QED) is 0.777. The summed E-state index contributed by atoms with van der Waals surface area (Å²) in [5, 5.41) is 0. The first-order chi connectivity index (χ1) is 10.5. The van der Waals surface area contributed by atoms with Crippen molar-refractivity contribution < 1.29 is 13.2 Å². The molecule has 1 saturated carbocycles. The fourth-order valence-corrected chi connectivity index (χ4v) is 4.52. The normalized spacial score (nSPS) is 22.5. The summed E-state index contributed by atoms with van der Waals surface area (Å²) in [6, 6.07) is 0. The molecule has 0 N–H and O–H groups in total. The molecule has 0 aromatic heterocycles. The number of nitrogens with zero attached hydrogens (tertiary/aromatic N) is 2. The standard InChI is InChI=1S/C16H30N2O3S/c1-22(20,21)18-12-6-11-17(13-14-18)16(19)10-5-9-15-7-3-2-4-8-15/h15H,2-14H2,1H3. The Kier molecular flexibility index (Phi) is 6.68. The molecule has 0 spiro atoms. The van der Waals surface area contributed by atoms with Gasteiger partial charge < -0.3 is 4.90 Å². The molecule has 0 aromatic carbocycles. The molecule has 1 aliphatic carbocycles. The van der Waals surface area contributed by atoms with E-state index in [2.05, 4.69) is 0 Å². The zero-order valence-electron chi connectivity index (χ0n) is 13.8. The van der Waals surface area contributed by atoms with Crippen LogP contribution in [0.1, 0.15) is 57.8 Å². The molecule has 1 amide bonds. The second-order valence-corrected chi connectivity index (χ2v) is 8.78. The molecule has 6 heteroatoms. The Hall–Kier alpha value is -0.620. The lowest BCUT2D eigenvalue weighted by Gasteiger charge is -2.23. The summed E-state index contributed by atoms with van der Waals surface area (Å²) in [5.41, 5.74) is 0. The van der Waals surface area contributed by atoms with Crippen molar-refractivity contribution in [3.63, 3.8) is 0 Å². The maximum atomic E-state index is 12.3. The predicted octanol–water partition coefficient (Wildman–Crippen LogP) is 2.23. The van der Waals surface area contributed by atoms with Crippen LogP contribution in [0.25, 0.3) is 0 Å². The van der Waals surface area contributed by atoms with Crippen LogP contribution in [-0.2, 0) is 14.8 Å². The smallest absolute Gasteiger partial charge is 0.222 e. The van der Waals surface area contributed by atoms with E-state index >= 15 is 0 Å². The molecule has 0 radical (unpaired) electrons. The van der Waals surface area contributed by atoms with Crippen LogP contribution in [0.5, 0.6) is 0 Å². The Morgan fingerprint density at radius 1 is 1.00 bits per heavy atom. The SMILES string of the molecule is CS(=O)(=O)N1CCCN(C(=O)CCCC2CCCCC2)CC1. The lowest BCUT2D eigenvalue weighted by molar-refractivity contribution is -0.131. The van der Waals surface area contributed by atoms with E-state index in [1.165, 1.54) is 49.1 Å². The van der Waals surface area contributed by atoms with Gasteiger partial charge in [0.1, 0.15) is 0 Å². The van der Waals surface area contributed by atoms with E-state index in [0.29, 0.717) is 32.6 Å². The molecule has 2 rings (SSSR count). The molecule has 1 heterocycles. The molecule has 1 aliphatic heterocycles. The van der Waals surface area contributed by atoms with Gasteiger partial charge in [-0.15, -0.1) is 0 Å². The van der Waals surface area contributed by atoms with Gasteiger partial charge in [-0.3, -0.25) is 4.79 Å². The minimum Gasteiger partial charge on any atom is -0.341 e. The number of sulfonamides is 1. The van der Waals surface area contributed by atoms with E-state index in [0.717, 1.165) is 18.8 Å². The first kappa shape index (κ1) is 17.7. The average Bonchev–Trinajstić information content (AvgIpc) is 2.74. The van der Waals surface area contributed by atoms with E-state index in [9.17, 15) is 13.2 Å². The van der Waals surface area contributed by atoms with Gasteiger partial charge in [0.25, 0.3) is 0 Å². The van der Waals surface area contributed by atoms with Crippen molar-refractivity contribution in [1.29, 1.82) is 0 Å². The summed E-state index contributed by atoms with van der Waals surface area (Å²) < 4.78 is 24.7. The Bertz CT molecular complexity index is 458. The first-order valence-corrected chi connectivity index (χ1v) is 10.5. The molecule has 0 atom stereocenters. The third-order valence-corrected chi connectivity index (χ3v) is 6.31. The van der Waals surface area contributed by atoms with Gasteiger partial charge in [-0.25, -0.2) is 12.7 Å². The molecule has 0 bridgehead atoms. The van der Waals surface area contributed by atoms with Crippen molar-refractivity contribution in [2.75, 3.05) is 32.4 Å². The Morgan fingerprint density at radius 3 is 2.41 bits per heavy atom. The van der Waals surface area contributed by atoms with E-state index in [4.69, 9.17) is 0 Å². The number of hydrogen-bond donors (Lipinski definition) is 0. The van der Waals surface area contributed by atoms with Crippen molar-refractivity contribution in [1.82, 2.24) is 9.21 Å². The average molecular weight is 330 g/mol. The van der Waals surface area contributed by atoms with Gasteiger partial charge in [0, 0.05) is 32.6 Å². The zero-order valence-corrected chi connectivity index (χ0v) is 14.6. The van der Waals surface area contributed by atoms with E-state index in [1.54, 1.807) is 0 Å². The van der Waals surface area contributed by atoms with Gasteiger partial charge >= 0.3 is 0 Å². The molecule has 2 aliphatic rings. The van der Waals surface area contributed by atoms with Crippen molar-refractivity contribution in [3.8, 4) is 0 Å². The molecule has 5 nitrogen and oxygen atoms in total. The van der Waals surface area contributed by atoms with Crippen LogP contribution >= 0.6 is 0 Å². The van der Waals surface area contributed by atoms with Gasteiger partial charge in [0.2, 0.25) is 15.9 Å². The summed E-state index contributed by atoms with van der Waals surface area (Å²) in [5.74, 6) is 1.03. The van der Waals surface area contributed by atoms with Crippen LogP contribution in [0.4, 0.5) is 0 Å². The van der Waals surface area contributed by atoms with Crippen LogP contribution in [0.2, 0.25) is 0 Å². The van der Waals surface area contributed by atoms with Crippen LogP contribution in [-0.4, -0.2) is 56.0 Å². The monoisotopic (exact) mass is 330 g/mol. The highest BCUT2D eigenvalue weighted by Gasteiger charge is 2.23. The van der Waals surface area contributed by atoms with Gasteiger partial charge in [0.05, 0.1) is 6.26 Å². The summed E-state index contributed by atoms with van der Waals surface area (Å²) in [7, 11) is -3.13. The van der Waals surface area contributed by atoms with Crippen molar-refractivity contribution in [2.24, 2.45) is 5.92 Å². The van der Waals surface area contributed by atoms with Crippen LogP contribution in [0.3, 0.4) is 0 Å². The summed E-state index contributed by atoms with van der Waals surface area (Å²) in [6.07, 6.45) is 11.5. The Morgan fingerprint density at radius 2 is 1.73 bits per heavy atom. The molecule has 128 valence electrons. The molecular formula is C16H30N2O3S. The Labute approximate surface area is 135 Å². The lowest BCUT2D eigenvalue weighted by atomic mass is 9.86. The topological polar surface area (TPSA) is 57.7 Å². The van der Waals surface area contributed by atoms with Crippen molar-refractivity contribution in [3.05, 3.63) is 0 Å². The fourth-order valence-electron chi connectivity index (χ4n) is 3.65. The zero-order chi connectivity index (χ0) is 16.0. The number of amides is 1. The van der Waals surface area contributed by atoms with Crippen molar-refractivity contribution >= 4 is 15.9 Å². The third-order valence-electron chi connectivity index (χ3n) is 5.00. The molecular weight excluding hydrogens is 300 g/mol. The van der Waals surface area contributed by atoms with Crippen LogP contribution in [0.15, 0.2) is 0 Å². The lowest BCUT2D eigenvalue weighted by Crippen LogP contribution is -2.36. The minimum absolute atomic E-state index is 0.200. The largest absolute Gasteiger partial charge is 0.341 e. The highest BCUT2D eigenvalue weighted by Crippen LogP contribution is 2.27. The van der Waals surface area contributed by atoms with Gasteiger partial charge in [-0.05, 0) is 25.2 Å². The number of hydrogen-bond acceptors (Lipinski definition) is 3. The number of carbonyl (C=O) groups excluding carboxylic acids is 1. The second kappa shape index (κ2) is 8.29. The first-order valence-electron chi connectivity index (χ1n) is 8.70. The van der Waals surface area contributed by atoms with Crippen molar-refractivity contribution in [2.45, 2.75) is 57.8 Å². The van der Waals surface area contributed by atoms with E-state index in [-0.39, 0.29) is 5.91 Å². The highest BCUT2D eigenvalue weighted by molar-refractivity contribution is 7.88. The molecule has 0 unspecified atom stereocenters. The molecule has 0 aromatic rings. The van der Waals surface area contributed by atoms with Crippen LogP contribution in [0, 0.1) is 5.92 Å². The van der Waals surface area contributed by atoms with Gasteiger partial charge in [-0.2, -0.15) is 0 Å². The summed E-state index contributed by atoms with van der Waals surface area (Å²) >= 11 is 0. The maximum absolute atomic E-state index is 12.3. The third kappa shape index (κ3) is 5.54. The highest BCUT2D eigenvalue weighted by atomic mass is 32.2. The van der Waals surface area contributed by atoms with Gasteiger partial charge in [-0.1, -0.05) is 32.1 Å². The molecule has 1 saturated heterocycles. The molecule has 22 heavy (non-hydrogen) atoms. The Balaban J connectivity index is 1.71. The maximum Gasteiger partial charge on any atom is 0.222 e. The summed E-state index contributed by atoms with van der Waals surface area (Å²) in [6.45, 7) is 2.20. The number of rotatable bonds is 5. The van der Waals surface area contributed by atoms with E-state index in [1.807, 2.05) is 4.90 Å². The summed E-state index contributed by atoms with van der Waals surface area (Å²) in [4.78, 5) is 14.2. The minimum atomic E-state index is -3.13. The van der Waals surface area contributed by atoms with Crippen LogP contribution < -0.4 is 0 Å². The number of carbonyl (C=O) groups is 1.